The van der Waals surface area contributed by atoms with Crippen molar-refractivity contribution >= 4 is 15.9 Å². The minimum absolute atomic E-state index is 0.145. The molecule has 1 aliphatic rings. The molecule has 1 unspecified atom stereocenters. The summed E-state index contributed by atoms with van der Waals surface area (Å²) < 4.78 is 27.2. The second kappa shape index (κ2) is 5.44. The molecule has 4 heteroatoms. The van der Waals surface area contributed by atoms with Gasteiger partial charge in [-0.15, -0.1) is 0 Å². The van der Waals surface area contributed by atoms with Gasteiger partial charge >= 0.3 is 0 Å². The first-order chi connectivity index (χ1) is 8.08. The van der Waals surface area contributed by atoms with Crippen LogP contribution in [0, 0.1) is 17.6 Å². The van der Waals surface area contributed by atoms with E-state index in [9.17, 15) is 8.78 Å². The van der Waals surface area contributed by atoms with Crippen molar-refractivity contribution in [1.82, 2.24) is 0 Å². The lowest BCUT2D eigenvalue weighted by Gasteiger charge is -2.17. The number of nitrogens with two attached hydrogens (primary N) is 1. The molecule has 94 valence electrons. The third-order valence-corrected chi connectivity index (χ3v) is 4.11. The van der Waals surface area contributed by atoms with Gasteiger partial charge in [0.2, 0.25) is 0 Å². The van der Waals surface area contributed by atoms with Crippen LogP contribution in [0.2, 0.25) is 0 Å². The summed E-state index contributed by atoms with van der Waals surface area (Å²) in [6.45, 7) is 0. The second-order valence-corrected chi connectivity index (χ2v) is 5.63. The fraction of sp³-hybridized carbons (Fsp3) is 0.538. The molecule has 1 fully saturated rings. The standard InChI is InChI=1S/C13H16BrF2N/c14-10-7-11(15)9(6-12(10)16)13(17)5-8-3-1-2-4-8/h6-8,13H,1-5,17H2. The van der Waals surface area contributed by atoms with Crippen LogP contribution in [0.25, 0.3) is 0 Å². The van der Waals surface area contributed by atoms with Gasteiger partial charge in [-0.25, -0.2) is 8.78 Å². The third-order valence-electron chi connectivity index (χ3n) is 3.50. The molecule has 1 aliphatic carbocycles. The van der Waals surface area contributed by atoms with Gasteiger partial charge in [-0.05, 0) is 40.4 Å². The highest BCUT2D eigenvalue weighted by Gasteiger charge is 2.21. The van der Waals surface area contributed by atoms with Crippen LogP contribution in [0.15, 0.2) is 16.6 Å². The molecule has 0 bridgehead atoms. The Morgan fingerprint density at radius 1 is 1.24 bits per heavy atom. The molecule has 2 N–H and O–H groups in total. The van der Waals surface area contributed by atoms with Crippen molar-refractivity contribution in [3.63, 3.8) is 0 Å². The predicted octanol–water partition coefficient (Wildman–Crippen LogP) is 4.31. The Hall–Kier alpha value is -0.480. The van der Waals surface area contributed by atoms with Gasteiger partial charge in [-0.1, -0.05) is 25.7 Å². The van der Waals surface area contributed by atoms with Crippen molar-refractivity contribution in [2.75, 3.05) is 0 Å². The zero-order chi connectivity index (χ0) is 12.4. The highest BCUT2D eigenvalue weighted by molar-refractivity contribution is 9.10. The molecule has 1 atom stereocenters. The van der Waals surface area contributed by atoms with Crippen molar-refractivity contribution in [2.45, 2.75) is 38.1 Å². The van der Waals surface area contributed by atoms with Gasteiger partial charge in [0, 0.05) is 11.6 Å². The Kier molecular flexibility index (Phi) is 4.15. The molecule has 0 aliphatic heterocycles. The Bertz CT molecular complexity index is 403. The molecule has 1 nitrogen and oxygen atoms in total. The molecule has 0 amide bonds. The molecular formula is C13H16BrF2N. The Morgan fingerprint density at radius 2 is 1.88 bits per heavy atom. The SMILES string of the molecule is NC(CC1CCCC1)c1cc(F)c(Br)cc1F. The normalized spacial score (nSPS) is 18.6. The summed E-state index contributed by atoms with van der Waals surface area (Å²) in [7, 11) is 0. The topological polar surface area (TPSA) is 26.0 Å². The maximum atomic E-state index is 13.7. The van der Waals surface area contributed by atoms with Crippen molar-refractivity contribution in [1.29, 1.82) is 0 Å². The van der Waals surface area contributed by atoms with Crippen molar-refractivity contribution < 1.29 is 8.78 Å². The van der Waals surface area contributed by atoms with E-state index in [2.05, 4.69) is 15.9 Å². The molecular weight excluding hydrogens is 288 g/mol. The molecule has 0 saturated heterocycles. The molecule has 0 heterocycles. The van der Waals surface area contributed by atoms with Gasteiger partial charge in [0.05, 0.1) is 4.47 Å². The summed E-state index contributed by atoms with van der Waals surface area (Å²) in [6, 6.07) is 1.96. The highest BCUT2D eigenvalue weighted by Crippen LogP contribution is 2.33. The molecule has 0 spiro atoms. The number of halogens is 3. The Morgan fingerprint density at radius 3 is 2.53 bits per heavy atom. The van der Waals surface area contributed by atoms with Crippen LogP contribution in [-0.2, 0) is 0 Å². The van der Waals surface area contributed by atoms with E-state index in [0.717, 1.165) is 25.3 Å². The first-order valence-electron chi connectivity index (χ1n) is 5.98. The predicted molar refractivity (Wildman–Crippen MR) is 67.6 cm³/mol. The molecule has 0 aromatic heterocycles. The van der Waals surface area contributed by atoms with Gasteiger partial charge in [-0.2, -0.15) is 0 Å². The number of rotatable bonds is 3. The molecule has 2 rings (SSSR count). The smallest absolute Gasteiger partial charge is 0.137 e. The van der Waals surface area contributed by atoms with Crippen LogP contribution in [0.5, 0.6) is 0 Å². The monoisotopic (exact) mass is 303 g/mol. The average molecular weight is 304 g/mol. The number of hydrogen-bond acceptors (Lipinski definition) is 1. The maximum Gasteiger partial charge on any atom is 0.137 e. The largest absolute Gasteiger partial charge is 0.324 e. The fourth-order valence-corrected chi connectivity index (χ4v) is 2.87. The quantitative estimate of drug-likeness (QED) is 0.828. The van der Waals surface area contributed by atoms with Gasteiger partial charge in [0.1, 0.15) is 11.6 Å². The molecule has 1 aromatic carbocycles. The summed E-state index contributed by atoms with van der Waals surface area (Å²) in [4.78, 5) is 0. The first kappa shape index (κ1) is 13.0. The maximum absolute atomic E-state index is 13.7. The summed E-state index contributed by atoms with van der Waals surface area (Å²) in [5, 5.41) is 0. The van der Waals surface area contributed by atoms with E-state index in [4.69, 9.17) is 5.73 Å². The van der Waals surface area contributed by atoms with E-state index in [-0.39, 0.29) is 10.0 Å². The molecule has 1 aromatic rings. The molecule has 0 radical (unpaired) electrons. The summed E-state index contributed by atoms with van der Waals surface area (Å²) in [6.07, 6.45) is 5.53. The van der Waals surface area contributed by atoms with Gasteiger partial charge < -0.3 is 5.73 Å². The number of benzene rings is 1. The van der Waals surface area contributed by atoms with Crippen molar-refractivity contribution in [2.24, 2.45) is 11.7 Å². The number of hydrogen-bond donors (Lipinski definition) is 1. The highest BCUT2D eigenvalue weighted by atomic mass is 79.9. The van der Waals surface area contributed by atoms with Gasteiger partial charge in [0.25, 0.3) is 0 Å². The second-order valence-electron chi connectivity index (χ2n) is 4.78. The summed E-state index contributed by atoms with van der Waals surface area (Å²) in [5.74, 6) is -0.317. The van der Waals surface area contributed by atoms with E-state index in [1.54, 1.807) is 0 Å². The Labute approximate surface area is 109 Å². The van der Waals surface area contributed by atoms with Gasteiger partial charge in [-0.3, -0.25) is 0 Å². The van der Waals surface area contributed by atoms with E-state index < -0.39 is 17.7 Å². The van der Waals surface area contributed by atoms with Crippen LogP contribution in [0.3, 0.4) is 0 Å². The van der Waals surface area contributed by atoms with Crippen LogP contribution >= 0.6 is 15.9 Å². The molecule has 17 heavy (non-hydrogen) atoms. The summed E-state index contributed by atoms with van der Waals surface area (Å²) >= 11 is 2.96. The minimum Gasteiger partial charge on any atom is -0.324 e. The lowest BCUT2D eigenvalue weighted by molar-refractivity contribution is 0.438. The van der Waals surface area contributed by atoms with E-state index >= 15 is 0 Å². The lowest BCUT2D eigenvalue weighted by atomic mass is 9.94. The molecule has 1 saturated carbocycles. The van der Waals surface area contributed by atoms with Crippen LogP contribution in [0.1, 0.15) is 43.7 Å². The van der Waals surface area contributed by atoms with Crippen LogP contribution in [0.4, 0.5) is 8.78 Å². The van der Waals surface area contributed by atoms with Gasteiger partial charge in [0.15, 0.2) is 0 Å². The van der Waals surface area contributed by atoms with Crippen molar-refractivity contribution in [3.8, 4) is 0 Å². The van der Waals surface area contributed by atoms with E-state index in [1.165, 1.54) is 18.9 Å². The van der Waals surface area contributed by atoms with Crippen LogP contribution < -0.4 is 5.73 Å². The lowest BCUT2D eigenvalue weighted by Crippen LogP contribution is -2.16. The van der Waals surface area contributed by atoms with Crippen LogP contribution in [-0.4, -0.2) is 0 Å². The summed E-state index contributed by atoms with van der Waals surface area (Å²) in [5.41, 5.74) is 6.26. The zero-order valence-corrected chi connectivity index (χ0v) is 11.1. The first-order valence-corrected chi connectivity index (χ1v) is 6.77. The average Bonchev–Trinajstić information content (AvgIpc) is 2.76. The van der Waals surface area contributed by atoms with E-state index in [1.807, 2.05) is 0 Å². The zero-order valence-electron chi connectivity index (χ0n) is 9.56. The Balaban J connectivity index is 2.12. The van der Waals surface area contributed by atoms with E-state index in [0.29, 0.717) is 5.92 Å². The third kappa shape index (κ3) is 3.05. The minimum atomic E-state index is -0.455. The van der Waals surface area contributed by atoms with Crippen molar-refractivity contribution in [3.05, 3.63) is 33.8 Å². The fourth-order valence-electron chi connectivity index (χ4n) is 2.55.